The van der Waals surface area contributed by atoms with Gasteiger partial charge in [0.2, 0.25) is 10.0 Å². The minimum atomic E-state index is -4.21. The molecule has 0 saturated carbocycles. The molecule has 1 aliphatic rings. The van der Waals surface area contributed by atoms with Gasteiger partial charge in [-0.25, -0.2) is 16.8 Å². The highest BCUT2D eigenvalue weighted by molar-refractivity contribution is 7.91. The molecule has 2 N–H and O–H groups in total. The Bertz CT molecular complexity index is 869. The molecular formula is C13H14N2O6S2. The maximum atomic E-state index is 12.4. The number of aliphatic carboxylic acids is 1. The van der Waals surface area contributed by atoms with Crippen molar-refractivity contribution in [1.29, 1.82) is 5.26 Å². The van der Waals surface area contributed by atoms with Crippen molar-refractivity contribution in [2.75, 3.05) is 11.5 Å². The molecule has 0 unspecified atom stereocenters. The van der Waals surface area contributed by atoms with E-state index in [1.54, 1.807) is 6.07 Å². The lowest BCUT2D eigenvalue weighted by Gasteiger charge is -2.33. The largest absolute Gasteiger partial charge is 0.480 e. The molecule has 0 amide bonds. The van der Waals surface area contributed by atoms with E-state index >= 15 is 0 Å². The van der Waals surface area contributed by atoms with Gasteiger partial charge in [-0.15, -0.1) is 0 Å². The van der Waals surface area contributed by atoms with Crippen molar-refractivity contribution in [2.24, 2.45) is 0 Å². The number of hydrogen-bond donors (Lipinski definition) is 2. The van der Waals surface area contributed by atoms with Gasteiger partial charge in [0.25, 0.3) is 0 Å². The van der Waals surface area contributed by atoms with E-state index in [1.807, 2.05) is 0 Å². The molecular weight excluding hydrogens is 344 g/mol. The monoisotopic (exact) mass is 358 g/mol. The van der Waals surface area contributed by atoms with Crippen molar-refractivity contribution in [3.8, 4) is 6.07 Å². The Morgan fingerprint density at radius 3 is 2.43 bits per heavy atom. The number of sulfone groups is 1. The SMILES string of the molecule is N#Cc1cccc(S(=O)(=O)NC2(C(=O)O)CCS(=O)(=O)CC2)c1. The molecule has 23 heavy (non-hydrogen) atoms. The predicted octanol–water partition coefficient (Wildman–Crippen LogP) is -0.131. The third-order valence-electron chi connectivity index (χ3n) is 3.69. The van der Waals surface area contributed by atoms with E-state index in [-0.39, 0.29) is 23.3 Å². The molecule has 0 radical (unpaired) electrons. The van der Waals surface area contributed by atoms with Crippen LogP contribution in [-0.4, -0.2) is 45.0 Å². The van der Waals surface area contributed by atoms with Gasteiger partial charge in [-0.2, -0.15) is 9.98 Å². The summed E-state index contributed by atoms with van der Waals surface area (Å²) in [6.07, 6.45) is -0.691. The molecule has 8 nitrogen and oxygen atoms in total. The number of rotatable bonds is 4. The first kappa shape index (κ1) is 17.4. The summed E-state index contributed by atoms with van der Waals surface area (Å²) in [6.45, 7) is 0. The Kier molecular flexibility index (Phi) is 4.48. The van der Waals surface area contributed by atoms with E-state index in [4.69, 9.17) is 5.26 Å². The molecule has 1 fully saturated rings. The molecule has 1 aliphatic heterocycles. The van der Waals surface area contributed by atoms with Crippen LogP contribution in [0, 0.1) is 11.3 Å². The third-order valence-corrected chi connectivity index (χ3v) is 6.88. The molecule has 1 aromatic carbocycles. The Balaban J connectivity index is 2.37. The predicted molar refractivity (Wildman–Crippen MR) is 79.7 cm³/mol. The van der Waals surface area contributed by atoms with Gasteiger partial charge in [0, 0.05) is 0 Å². The first-order valence-corrected chi connectivity index (χ1v) is 9.89. The first-order valence-electron chi connectivity index (χ1n) is 6.58. The van der Waals surface area contributed by atoms with Crippen molar-refractivity contribution < 1.29 is 26.7 Å². The summed E-state index contributed by atoms with van der Waals surface area (Å²) in [5, 5.41) is 18.2. The van der Waals surface area contributed by atoms with Crippen molar-refractivity contribution >= 4 is 25.8 Å². The van der Waals surface area contributed by atoms with Gasteiger partial charge < -0.3 is 5.11 Å². The van der Waals surface area contributed by atoms with Crippen molar-refractivity contribution in [1.82, 2.24) is 4.72 Å². The average Bonchev–Trinajstić information content (AvgIpc) is 2.49. The van der Waals surface area contributed by atoms with Crippen LogP contribution in [0.5, 0.6) is 0 Å². The topological polar surface area (TPSA) is 141 Å². The van der Waals surface area contributed by atoms with E-state index in [9.17, 15) is 26.7 Å². The van der Waals surface area contributed by atoms with Crippen LogP contribution < -0.4 is 4.72 Å². The van der Waals surface area contributed by atoms with Crippen LogP contribution in [0.15, 0.2) is 29.2 Å². The van der Waals surface area contributed by atoms with Crippen LogP contribution >= 0.6 is 0 Å². The second-order valence-corrected chi connectivity index (χ2v) is 9.27. The number of carboxylic acids is 1. The molecule has 10 heteroatoms. The van der Waals surface area contributed by atoms with Gasteiger partial charge in [0.1, 0.15) is 15.4 Å². The summed E-state index contributed by atoms with van der Waals surface area (Å²) in [7, 11) is -7.57. The Morgan fingerprint density at radius 2 is 1.91 bits per heavy atom. The standard InChI is InChI=1S/C13H14N2O6S2/c14-9-10-2-1-3-11(8-10)23(20,21)15-13(12(16)17)4-6-22(18,19)7-5-13/h1-3,8,15H,4-7H2,(H,16,17). The second-order valence-electron chi connectivity index (χ2n) is 5.28. The minimum Gasteiger partial charge on any atom is -0.480 e. The Morgan fingerprint density at radius 1 is 1.30 bits per heavy atom. The zero-order valence-electron chi connectivity index (χ0n) is 11.9. The first-order chi connectivity index (χ1) is 10.6. The Hall–Kier alpha value is -1.96. The van der Waals surface area contributed by atoms with Gasteiger partial charge in [-0.05, 0) is 31.0 Å². The molecule has 0 atom stereocenters. The summed E-state index contributed by atoms with van der Waals surface area (Å²) in [5.41, 5.74) is -1.75. The van der Waals surface area contributed by atoms with Crippen LogP contribution in [0.4, 0.5) is 0 Å². The molecule has 0 bridgehead atoms. The van der Waals surface area contributed by atoms with Gasteiger partial charge in [0.15, 0.2) is 0 Å². The molecule has 124 valence electrons. The van der Waals surface area contributed by atoms with E-state index < -0.39 is 42.9 Å². The zero-order valence-corrected chi connectivity index (χ0v) is 13.5. The highest BCUT2D eigenvalue weighted by atomic mass is 32.2. The maximum Gasteiger partial charge on any atom is 0.324 e. The maximum absolute atomic E-state index is 12.4. The van der Waals surface area contributed by atoms with Crippen LogP contribution in [0.3, 0.4) is 0 Å². The number of carboxylic acid groups (broad SMARTS) is 1. The van der Waals surface area contributed by atoms with Gasteiger partial charge in [-0.1, -0.05) is 6.07 Å². The lowest BCUT2D eigenvalue weighted by atomic mass is 9.94. The fraction of sp³-hybridized carbons (Fsp3) is 0.385. The Labute approximate surface area is 133 Å². The highest BCUT2D eigenvalue weighted by Crippen LogP contribution is 2.27. The van der Waals surface area contributed by atoms with Gasteiger partial charge in [-0.3, -0.25) is 4.79 Å². The quantitative estimate of drug-likeness (QED) is 0.763. The number of nitrogens with one attached hydrogen (secondary N) is 1. The number of hydrogen-bond acceptors (Lipinski definition) is 6. The molecule has 1 heterocycles. The van der Waals surface area contributed by atoms with Crippen molar-refractivity contribution in [3.05, 3.63) is 29.8 Å². The van der Waals surface area contributed by atoms with E-state index in [1.165, 1.54) is 18.2 Å². The molecule has 0 spiro atoms. The number of benzene rings is 1. The van der Waals surface area contributed by atoms with Gasteiger partial charge in [0.05, 0.1) is 28.0 Å². The summed E-state index contributed by atoms with van der Waals surface area (Å²) < 4.78 is 49.9. The lowest BCUT2D eigenvalue weighted by Crippen LogP contribution is -2.58. The van der Waals surface area contributed by atoms with E-state index in [0.29, 0.717) is 0 Å². The number of nitrogens with zero attached hydrogens (tertiary/aromatic N) is 1. The van der Waals surface area contributed by atoms with Crippen LogP contribution in [0.2, 0.25) is 0 Å². The molecule has 2 rings (SSSR count). The van der Waals surface area contributed by atoms with Gasteiger partial charge >= 0.3 is 5.97 Å². The van der Waals surface area contributed by atoms with Crippen molar-refractivity contribution in [3.63, 3.8) is 0 Å². The molecule has 0 aliphatic carbocycles. The highest BCUT2D eigenvalue weighted by Gasteiger charge is 2.46. The second kappa shape index (κ2) is 5.92. The number of nitriles is 1. The molecule has 1 saturated heterocycles. The van der Waals surface area contributed by atoms with Crippen molar-refractivity contribution in [2.45, 2.75) is 23.3 Å². The fourth-order valence-electron chi connectivity index (χ4n) is 2.30. The number of carbonyl (C=O) groups is 1. The molecule has 1 aromatic rings. The number of sulfonamides is 1. The van der Waals surface area contributed by atoms with Crippen LogP contribution in [-0.2, 0) is 24.7 Å². The minimum absolute atomic E-state index is 0.114. The van der Waals surface area contributed by atoms with E-state index in [0.717, 1.165) is 6.07 Å². The zero-order chi connectivity index (χ0) is 17.3. The smallest absolute Gasteiger partial charge is 0.324 e. The summed E-state index contributed by atoms with van der Waals surface area (Å²) in [6, 6.07) is 6.94. The lowest BCUT2D eigenvalue weighted by molar-refractivity contribution is -0.144. The summed E-state index contributed by atoms with van der Waals surface area (Å²) in [4.78, 5) is 11.3. The summed E-state index contributed by atoms with van der Waals surface area (Å²) in [5.74, 6) is -2.23. The summed E-state index contributed by atoms with van der Waals surface area (Å²) >= 11 is 0. The van der Waals surface area contributed by atoms with Crippen LogP contribution in [0.25, 0.3) is 0 Å². The average molecular weight is 358 g/mol. The normalized spacial score (nSPS) is 19.6. The van der Waals surface area contributed by atoms with Crippen LogP contribution in [0.1, 0.15) is 18.4 Å². The van der Waals surface area contributed by atoms with E-state index in [2.05, 4.69) is 4.72 Å². The fourth-order valence-corrected chi connectivity index (χ4v) is 5.28. The molecule has 0 aromatic heterocycles. The third kappa shape index (κ3) is 3.69.